The van der Waals surface area contributed by atoms with Crippen molar-refractivity contribution >= 4 is 11.8 Å². The van der Waals surface area contributed by atoms with Gasteiger partial charge in [0.1, 0.15) is 0 Å². The van der Waals surface area contributed by atoms with Crippen LogP contribution in [0.25, 0.3) is 0 Å². The fraction of sp³-hybridized carbons (Fsp3) is 0.364. The van der Waals surface area contributed by atoms with Crippen LogP contribution in [0.1, 0.15) is 49.2 Å². The summed E-state index contributed by atoms with van der Waals surface area (Å²) in [6.07, 6.45) is 0. The number of carbonyl (C=O) groups is 2. The highest BCUT2D eigenvalue weighted by Crippen LogP contribution is 2.22. The van der Waals surface area contributed by atoms with Crippen molar-refractivity contribution in [3.05, 3.63) is 71.3 Å². The van der Waals surface area contributed by atoms with Crippen LogP contribution in [0.2, 0.25) is 0 Å². The Labute approximate surface area is 156 Å². The van der Waals surface area contributed by atoms with Crippen LogP contribution in [0.4, 0.5) is 0 Å². The minimum absolute atomic E-state index is 0.00219. The Bertz CT molecular complexity index is 731. The van der Waals surface area contributed by atoms with Crippen LogP contribution >= 0.6 is 0 Å². The van der Waals surface area contributed by atoms with E-state index in [1.807, 2.05) is 54.6 Å². The first-order valence-corrected chi connectivity index (χ1v) is 8.95. The van der Waals surface area contributed by atoms with Crippen LogP contribution in [-0.2, 0) is 16.8 Å². The molecule has 0 saturated heterocycles. The molecule has 0 atom stereocenters. The van der Waals surface area contributed by atoms with E-state index >= 15 is 0 Å². The van der Waals surface area contributed by atoms with Crippen molar-refractivity contribution in [2.24, 2.45) is 0 Å². The third-order valence-corrected chi connectivity index (χ3v) is 4.34. The first-order chi connectivity index (χ1) is 12.3. The minimum Gasteiger partial charge on any atom is -0.350 e. The molecule has 138 valence electrons. The largest absolute Gasteiger partial charge is 0.350 e. The molecule has 0 saturated carbocycles. The molecule has 0 aliphatic rings. The summed E-state index contributed by atoms with van der Waals surface area (Å²) in [7, 11) is 0. The Hall–Kier alpha value is -2.62. The Morgan fingerprint density at radius 3 is 2.12 bits per heavy atom. The molecule has 2 amide bonds. The van der Waals surface area contributed by atoms with Crippen LogP contribution in [0.5, 0.6) is 0 Å². The van der Waals surface area contributed by atoms with Gasteiger partial charge in [0.2, 0.25) is 5.91 Å². The van der Waals surface area contributed by atoms with Crippen LogP contribution in [0, 0.1) is 0 Å². The second-order valence-electron chi connectivity index (χ2n) is 7.51. The lowest BCUT2D eigenvalue weighted by molar-refractivity contribution is -0.129. The van der Waals surface area contributed by atoms with Gasteiger partial charge < -0.3 is 10.2 Å². The zero-order valence-electron chi connectivity index (χ0n) is 16.1. The number of nitrogens with zero attached hydrogens (tertiary/aromatic N) is 1. The third kappa shape index (κ3) is 5.73. The Morgan fingerprint density at radius 1 is 0.962 bits per heavy atom. The number of nitrogens with one attached hydrogen (secondary N) is 1. The normalized spacial score (nSPS) is 11.1. The summed E-state index contributed by atoms with van der Waals surface area (Å²) in [5.41, 5.74) is 2.97. The summed E-state index contributed by atoms with van der Waals surface area (Å²) in [4.78, 5) is 25.9. The molecular formula is C22H28N2O2. The number of rotatable bonds is 6. The molecule has 0 aromatic heterocycles. The van der Waals surface area contributed by atoms with Gasteiger partial charge in [-0.3, -0.25) is 9.59 Å². The zero-order valence-corrected chi connectivity index (χ0v) is 16.1. The van der Waals surface area contributed by atoms with E-state index in [9.17, 15) is 9.59 Å². The van der Waals surface area contributed by atoms with Gasteiger partial charge in [0.25, 0.3) is 5.91 Å². The van der Waals surface area contributed by atoms with E-state index in [2.05, 4.69) is 26.1 Å². The molecule has 0 spiro atoms. The summed E-state index contributed by atoms with van der Waals surface area (Å²) in [6, 6.07) is 17.5. The van der Waals surface area contributed by atoms with E-state index in [1.54, 1.807) is 11.8 Å². The summed E-state index contributed by atoms with van der Waals surface area (Å²) in [5, 5.41) is 2.90. The molecule has 0 aliphatic carbocycles. The fourth-order valence-corrected chi connectivity index (χ4v) is 2.68. The van der Waals surface area contributed by atoms with Crippen molar-refractivity contribution < 1.29 is 9.59 Å². The van der Waals surface area contributed by atoms with Gasteiger partial charge in [-0.25, -0.2) is 0 Å². The quantitative estimate of drug-likeness (QED) is 0.860. The van der Waals surface area contributed by atoms with E-state index in [-0.39, 0.29) is 17.2 Å². The Morgan fingerprint density at radius 2 is 1.58 bits per heavy atom. The van der Waals surface area contributed by atoms with Crippen molar-refractivity contribution in [3.63, 3.8) is 0 Å². The molecule has 2 rings (SSSR count). The number of hydrogen-bond acceptors (Lipinski definition) is 2. The summed E-state index contributed by atoms with van der Waals surface area (Å²) >= 11 is 0. The third-order valence-electron chi connectivity index (χ3n) is 4.34. The molecule has 1 N–H and O–H groups in total. The first-order valence-electron chi connectivity index (χ1n) is 8.95. The second-order valence-corrected chi connectivity index (χ2v) is 7.51. The molecule has 4 heteroatoms. The highest BCUT2D eigenvalue weighted by atomic mass is 16.2. The number of carbonyl (C=O) groups excluding carboxylic acids is 2. The lowest BCUT2D eigenvalue weighted by Crippen LogP contribution is -2.37. The SMILES string of the molecule is CC(=O)N(CCNC(=O)c1ccc(C(C)(C)C)cc1)Cc1ccccc1. The molecule has 0 unspecified atom stereocenters. The van der Waals surface area contributed by atoms with Gasteiger partial charge in [-0.2, -0.15) is 0 Å². The molecule has 2 aromatic rings. The van der Waals surface area contributed by atoms with Crippen LogP contribution < -0.4 is 5.32 Å². The molecule has 0 fully saturated rings. The molecule has 0 aliphatic heterocycles. The number of benzene rings is 2. The number of hydrogen-bond donors (Lipinski definition) is 1. The van der Waals surface area contributed by atoms with Gasteiger partial charge in [0.05, 0.1) is 0 Å². The summed E-state index contributed by atoms with van der Waals surface area (Å²) in [6.45, 7) is 9.44. The van der Waals surface area contributed by atoms with Crippen LogP contribution in [0.3, 0.4) is 0 Å². The maximum atomic E-state index is 12.3. The summed E-state index contributed by atoms with van der Waals surface area (Å²) in [5.74, 6) is -0.119. The van der Waals surface area contributed by atoms with Crippen molar-refractivity contribution in [1.82, 2.24) is 10.2 Å². The van der Waals surface area contributed by atoms with Gasteiger partial charge in [-0.15, -0.1) is 0 Å². The Balaban J connectivity index is 1.88. The van der Waals surface area contributed by atoms with Gasteiger partial charge in [0.15, 0.2) is 0 Å². The maximum absolute atomic E-state index is 12.3. The second kappa shape index (κ2) is 8.65. The highest BCUT2D eigenvalue weighted by Gasteiger charge is 2.14. The molecule has 0 radical (unpaired) electrons. The average molecular weight is 352 g/mol. The van der Waals surface area contributed by atoms with E-state index in [0.717, 1.165) is 5.56 Å². The maximum Gasteiger partial charge on any atom is 0.251 e. The molecule has 0 heterocycles. The predicted octanol–water partition coefficient (Wildman–Crippen LogP) is 3.76. The molecule has 26 heavy (non-hydrogen) atoms. The molecule has 2 aromatic carbocycles. The van der Waals surface area contributed by atoms with Crippen LogP contribution in [0.15, 0.2) is 54.6 Å². The predicted molar refractivity (Wildman–Crippen MR) is 105 cm³/mol. The standard InChI is InChI=1S/C22H28N2O2/c1-17(25)24(16-18-8-6-5-7-9-18)15-14-23-21(26)19-10-12-20(13-11-19)22(2,3)4/h5-13H,14-16H2,1-4H3,(H,23,26). The van der Waals surface area contributed by atoms with Crippen molar-refractivity contribution in [3.8, 4) is 0 Å². The van der Waals surface area contributed by atoms with Crippen LogP contribution in [-0.4, -0.2) is 29.8 Å². The zero-order chi connectivity index (χ0) is 19.2. The van der Waals surface area contributed by atoms with Crippen molar-refractivity contribution in [2.45, 2.75) is 39.7 Å². The van der Waals surface area contributed by atoms with Gasteiger partial charge >= 0.3 is 0 Å². The van der Waals surface area contributed by atoms with Gasteiger partial charge in [-0.05, 0) is 28.7 Å². The topological polar surface area (TPSA) is 49.4 Å². The number of amides is 2. The molecule has 0 bridgehead atoms. The monoisotopic (exact) mass is 352 g/mol. The first kappa shape index (κ1) is 19.7. The van der Waals surface area contributed by atoms with E-state index in [0.29, 0.717) is 25.2 Å². The average Bonchev–Trinajstić information content (AvgIpc) is 2.61. The minimum atomic E-state index is -0.117. The highest BCUT2D eigenvalue weighted by molar-refractivity contribution is 5.94. The Kier molecular flexibility index (Phi) is 6.56. The lowest BCUT2D eigenvalue weighted by atomic mass is 9.87. The molecular weight excluding hydrogens is 324 g/mol. The van der Waals surface area contributed by atoms with E-state index < -0.39 is 0 Å². The van der Waals surface area contributed by atoms with Gasteiger partial charge in [0, 0.05) is 32.1 Å². The fourth-order valence-electron chi connectivity index (χ4n) is 2.68. The smallest absolute Gasteiger partial charge is 0.251 e. The van der Waals surface area contributed by atoms with E-state index in [4.69, 9.17) is 0 Å². The van der Waals surface area contributed by atoms with Crippen molar-refractivity contribution in [2.75, 3.05) is 13.1 Å². The molecule has 4 nitrogen and oxygen atoms in total. The van der Waals surface area contributed by atoms with Gasteiger partial charge in [-0.1, -0.05) is 63.2 Å². The van der Waals surface area contributed by atoms with E-state index in [1.165, 1.54) is 5.56 Å². The summed E-state index contributed by atoms with van der Waals surface area (Å²) < 4.78 is 0. The van der Waals surface area contributed by atoms with Crippen molar-refractivity contribution in [1.29, 1.82) is 0 Å². The lowest BCUT2D eigenvalue weighted by Gasteiger charge is -2.21.